The number of hydrogen-bond donors (Lipinski definition) is 0. The lowest BCUT2D eigenvalue weighted by Gasteiger charge is -2.42. The van der Waals surface area contributed by atoms with Crippen molar-refractivity contribution < 1.29 is 8.97 Å². The van der Waals surface area contributed by atoms with Gasteiger partial charge in [-0.15, -0.1) is 0 Å². The molecular formula is C19H40N2+2. The molecular weight excluding hydrogens is 256 g/mol. The molecule has 2 heterocycles. The maximum Gasteiger partial charge on any atom is 0.0786 e. The number of nitrogens with zero attached hydrogens (tertiary/aromatic N) is 2. The Morgan fingerprint density at radius 2 is 0.905 bits per heavy atom. The summed E-state index contributed by atoms with van der Waals surface area (Å²) in [6.07, 6.45) is 13.3. The molecule has 2 nitrogen and oxygen atoms in total. The van der Waals surface area contributed by atoms with E-state index in [1.165, 1.54) is 119 Å². The molecule has 0 N–H and O–H groups in total. The Bertz CT molecular complexity index is 247. The van der Waals surface area contributed by atoms with E-state index in [2.05, 4.69) is 13.8 Å². The number of rotatable bonds is 8. The standard InChI is InChI=1S/C19H40N2/c1-3-20(14-8-5-9-15-20)18-12-7-13-19-21(4-2)16-10-6-11-17-21/h3-19H2,1-2H3/q+2. The third-order valence-corrected chi connectivity index (χ3v) is 6.64. The van der Waals surface area contributed by atoms with Gasteiger partial charge in [-0.1, -0.05) is 0 Å². The van der Waals surface area contributed by atoms with Crippen LogP contribution in [0.15, 0.2) is 0 Å². The van der Waals surface area contributed by atoms with Crippen LogP contribution in [0.1, 0.15) is 71.6 Å². The summed E-state index contributed by atoms with van der Waals surface area (Å²) < 4.78 is 2.88. The molecule has 0 radical (unpaired) electrons. The van der Waals surface area contributed by atoms with Gasteiger partial charge in [-0.05, 0) is 71.6 Å². The first kappa shape index (κ1) is 17.3. The summed E-state index contributed by atoms with van der Waals surface area (Å²) in [5, 5.41) is 0. The molecule has 2 fully saturated rings. The first-order valence-electron chi connectivity index (χ1n) is 9.94. The van der Waals surface area contributed by atoms with E-state index in [9.17, 15) is 0 Å². The van der Waals surface area contributed by atoms with Gasteiger partial charge in [-0.25, -0.2) is 0 Å². The molecule has 2 rings (SSSR count). The van der Waals surface area contributed by atoms with Gasteiger partial charge >= 0.3 is 0 Å². The van der Waals surface area contributed by atoms with Gasteiger partial charge in [0.05, 0.1) is 52.4 Å². The SMILES string of the molecule is CC[N+]1(CCCCC[N+]2(CC)CCCCC2)CCCCC1. The Morgan fingerprint density at radius 3 is 1.24 bits per heavy atom. The van der Waals surface area contributed by atoms with E-state index in [1.54, 1.807) is 0 Å². The molecule has 0 atom stereocenters. The average molecular weight is 297 g/mol. The molecule has 0 bridgehead atoms. The van der Waals surface area contributed by atoms with Gasteiger partial charge in [-0.3, -0.25) is 0 Å². The minimum Gasteiger partial charge on any atom is -0.324 e. The molecule has 2 heteroatoms. The second-order valence-electron chi connectivity index (χ2n) is 7.84. The van der Waals surface area contributed by atoms with Crippen molar-refractivity contribution in [3.05, 3.63) is 0 Å². The third-order valence-electron chi connectivity index (χ3n) is 6.64. The van der Waals surface area contributed by atoms with Crippen LogP contribution in [0.4, 0.5) is 0 Å². The van der Waals surface area contributed by atoms with E-state index < -0.39 is 0 Å². The number of likely N-dealkylation sites (tertiary alicyclic amines) is 2. The molecule has 2 aliphatic rings. The summed E-state index contributed by atoms with van der Waals surface area (Å²) >= 11 is 0. The second kappa shape index (κ2) is 8.53. The molecule has 21 heavy (non-hydrogen) atoms. The molecule has 0 saturated carbocycles. The molecule has 0 spiro atoms. The van der Waals surface area contributed by atoms with Gasteiger partial charge < -0.3 is 8.97 Å². The van der Waals surface area contributed by atoms with Crippen molar-refractivity contribution in [1.29, 1.82) is 0 Å². The highest BCUT2D eigenvalue weighted by Crippen LogP contribution is 2.22. The maximum absolute atomic E-state index is 2.41. The van der Waals surface area contributed by atoms with Crippen molar-refractivity contribution in [3.63, 3.8) is 0 Å². The van der Waals surface area contributed by atoms with Crippen molar-refractivity contribution in [2.45, 2.75) is 71.6 Å². The summed E-state index contributed by atoms with van der Waals surface area (Å²) in [5.74, 6) is 0. The average Bonchev–Trinajstić information content (AvgIpc) is 2.56. The van der Waals surface area contributed by atoms with Crippen LogP contribution in [0.2, 0.25) is 0 Å². The van der Waals surface area contributed by atoms with Crippen molar-refractivity contribution >= 4 is 0 Å². The van der Waals surface area contributed by atoms with Crippen molar-refractivity contribution in [1.82, 2.24) is 0 Å². The maximum atomic E-state index is 2.41. The molecule has 2 aliphatic heterocycles. The highest BCUT2D eigenvalue weighted by atomic mass is 15.4. The first-order valence-corrected chi connectivity index (χ1v) is 9.94. The lowest BCUT2D eigenvalue weighted by atomic mass is 10.0. The monoisotopic (exact) mass is 296 g/mol. The van der Waals surface area contributed by atoms with Crippen LogP contribution in [0, 0.1) is 0 Å². The van der Waals surface area contributed by atoms with Crippen molar-refractivity contribution in [2.24, 2.45) is 0 Å². The second-order valence-corrected chi connectivity index (χ2v) is 7.84. The number of piperidine rings is 2. The Labute approximate surface area is 133 Å². The van der Waals surface area contributed by atoms with Gasteiger partial charge in [-0.2, -0.15) is 0 Å². The van der Waals surface area contributed by atoms with Crippen LogP contribution in [0.5, 0.6) is 0 Å². The largest absolute Gasteiger partial charge is 0.324 e. The first-order chi connectivity index (χ1) is 10.2. The zero-order valence-corrected chi connectivity index (χ0v) is 14.9. The zero-order valence-electron chi connectivity index (χ0n) is 14.9. The summed E-state index contributed by atoms with van der Waals surface area (Å²) in [6.45, 7) is 16.3. The molecule has 124 valence electrons. The van der Waals surface area contributed by atoms with E-state index in [0.717, 1.165) is 0 Å². The zero-order chi connectivity index (χ0) is 15.0. The summed E-state index contributed by atoms with van der Waals surface area (Å²) in [6, 6.07) is 0. The Morgan fingerprint density at radius 1 is 0.524 bits per heavy atom. The molecule has 0 amide bonds. The van der Waals surface area contributed by atoms with Crippen molar-refractivity contribution in [3.8, 4) is 0 Å². The van der Waals surface area contributed by atoms with Crippen LogP contribution < -0.4 is 0 Å². The van der Waals surface area contributed by atoms with Crippen LogP contribution >= 0.6 is 0 Å². The van der Waals surface area contributed by atoms with Gasteiger partial charge in [0.2, 0.25) is 0 Å². The van der Waals surface area contributed by atoms with Crippen LogP contribution in [0.25, 0.3) is 0 Å². The van der Waals surface area contributed by atoms with Gasteiger partial charge in [0, 0.05) is 0 Å². The molecule has 0 unspecified atom stereocenters. The van der Waals surface area contributed by atoms with Crippen LogP contribution in [-0.2, 0) is 0 Å². The van der Waals surface area contributed by atoms with Gasteiger partial charge in [0.1, 0.15) is 0 Å². The predicted octanol–water partition coefficient (Wildman–Crippen LogP) is 4.20. The van der Waals surface area contributed by atoms with Gasteiger partial charge in [0.25, 0.3) is 0 Å². The predicted molar refractivity (Wildman–Crippen MR) is 92.4 cm³/mol. The number of hydrogen-bond acceptors (Lipinski definition) is 0. The quantitative estimate of drug-likeness (QED) is 0.465. The van der Waals surface area contributed by atoms with E-state index >= 15 is 0 Å². The minimum atomic E-state index is 1.37. The highest BCUT2D eigenvalue weighted by molar-refractivity contribution is 4.56. The van der Waals surface area contributed by atoms with Gasteiger partial charge in [0.15, 0.2) is 0 Å². The number of unbranched alkanes of at least 4 members (excludes halogenated alkanes) is 2. The third kappa shape index (κ3) is 4.96. The Hall–Kier alpha value is -0.0800. The smallest absolute Gasteiger partial charge is 0.0786 e. The lowest BCUT2D eigenvalue weighted by molar-refractivity contribution is -0.932. The normalized spacial score (nSPS) is 24.9. The highest BCUT2D eigenvalue weighted by Gasteiger charge is 2.29. The summed E-state index contributed by atoms with van der Waals surface area (Å²) in [4.78, 5) is 0. The summed E-state index contributed by atoms with van der Waals surface area (Å²) in [5.41, 5.74) is 0. The number of quaternary nitrogens is 2. The van der Waals surface area contributed by atoms with E-state index in [0.29, 0.717) is 0 Å². The fourth-order valence-electron chi connectivity index (χ4n) is 4.83. The molecule has 0 aliphatic carbocycles. The Kier molecular flexibility index (Phi) is 7.01. The minimum absolute atomic E-state index is 1.37. The van der Waals surface area contributed by atoms with E-state index in [4.69, 9.17) is 0 Å². The molecule has 0 aromatic rings. The van der Waals surface area contributed by atoms with Crippen LogP contribution in [0.3, 0.4) is 0 Å². The fraction of sp³-hybridized carbons (Fsp3) is 1.00. The molecule has 0 aromatic heterocycles. The molecule has 2 saturated heterocycles. The summed E-state index contributed by atoms with van der Waals surface area (Å²) in [7, 11) is 0. The van der Waals surface area contributed by atoms with Crippen LogP contribution in [-0.4, -0.2) is 61.3 Å². The molecule has 0 aromatic carbocycles. The van der Waals surface area contributed by atoms with Crippen molar-refractivity contribution in [2.75, 3.05) is 52.4 Å². The fourth-order valence-corrected chi connectivity index (χ4v) is 4.83. The van der Waals surface area contributed by atoms with E-state index in [-0.39, 0.29) is 0 Å². The Balaban J connectivity index is 1.64. The lowest BCUT2D eigenvalue weighted by Crippen LogP contribution is -2.52. The topological polar surface area (TPSA) is 0 Å². The van der Waals surface area contributed by atoms with E-state index in [1.807, 2.05) is 0 Å².